The van der Waals surface area contributed by atoms with Crippen LogP contribution in [0, 0.1) is 0 Å². The van der Waals surface area contributed by atoms with Crippen LogP contribution in [0.25, 0.3) is 0 Å². The van der Waals surface area contributed by atoms with Crippen LogP contribution in [0.4, 0.5) is 0 Å². The van der Waals surface area contributed by atoms with E-state index >= 15 is 0 Å². The number of ketones is 2. The van der Waals surface area contributed by atoms with Crippen molar-refractivity contribution in [1.82, 2.24) is 25.3 Å². The SMILES string of the molecule is O=C1CCC(N2C(=O)c3ccc(CN4CCN(CCNC(=O)c5cc6c(o5)C(=O)c5ccccc5C6=O)CC4)cc3C2=O)C(=O)N1. The molecule has 7 rings (SSSR count). The zero-order valence-electron chi connectivity index (χ0n) is 24.7. The minimum absolute atomic E-state index is 0.0685. The summed E-state index contributed by atoms with van der Waals surface area (Å²) in [5, 5.41) is 5.01. The maximum atomic E-state index is 13.1. The molecule has 2 aromatic carbocycles. The predicted molar refractivity (Wildman–Crippen MR) is 159 cm³/mol. The lowest BCUT2D eigenvalue weighted by atomic mass is 9.89. The summed E-state index contributed by atoms with van der Waals surface area (Å²) in [5.74, 6) is -3.57. The highest BCUT2D eigenvalue weighted by molar-refractivity contribution is 6.28. The van der Waals surface area contributed by atoms with E-state index < -0.39 is 41.4 Å². The lowest BCUT2D eigenvalue weighted by molar-refractivity contribution is -0.136. The number of carbonyl (C=O) groups excluding carboxylic acids is 7. The zero-order valence-corrected chi connectivity index (χ0v) is 24.7. The van der Waals surface area contributed by atoms with Gasteiger partial charge in [-0.25, -0.2) is 0 Å². The Balaban J connectivity index is 0.895. The van der Waals surface area contributed by atoms with Gasteiger partial charge < -0.3 is 9.73 Å². The number of piperazine rings is 1. The molecule has 3 aliphatic heterocycles. The summed E-state index contributed by atoms with van der Waals surface area (Å²) in [7, 11) is 0. The quantitative estimate of drug-likeness (QED) is 0.284. The van der Waals surface area contributed by atoms with Crippen LogP contribution in [0.5, 0.6) is 0 Å². The molecule has 0 radical (unpaired) electrons. The lowest BCUT2D eigenvalue weighted by Crippen LogP contribution is -2.54. The standard InChI is InChI=1S/C33H29N5O8/c39-26-8-7-24(30(42)35-26)38-32(44)21-6-5-18(15-22(21)33(38)45)17-37-13-11-36(12-14-37)10-9-34-31(43)25-16-23-27(40)19-3-1-2-4-20(19)28(41)29(23)46-25/h1-6,15-16,24H,7-14,17H2,(H,34,43)(H,35,39,42). The number of rotatable bonds is 7. The second kappa shape index (κ2) is 11.6. The van der Waals surface area contributed by atoms with E-state index in [-0.39, 0.29) is 52.4 Å². The van der Waals surface area contributed by atoms with E-state index in [0.29, 0.717) is 25.2 Å². The average molecular weight is 624 g/mol. The summed E-state index contributed by atoms with van der Waals surface area (Å²) in [6.45, 7) is 4.50. The number of hydrogen-bond donors (Lipinski definition) is 2. The third-order valence-corrected chi connectivity index (χ3v) is 8.91. The Bertz CT molecular complexity index is 1800. The molecule has 0 saturated carbocycles. The van der Waals surface area contributed by atoms with E-state index in [2.05, 4.69) is 20.4 Å². The second-order valence-corrected chi connectivity index (χ2v) is 11.8. The van der Waals surface area contributed by atoms with Gasteiger partial charge in [-0.05, 0) is 24.1 Å². The van der Waals surface area contributed by atoms with Gasteiger partial charge in [-0.2, -0.15) is 0 Å². The van der Waals surface area contributed by atoms with E-state index in [4.69, 9.17) is 4.42 Å². The average Bonchev–Trinajstić information content (AvgIpc) is 3.61. The van der Waals surface area contributed by atoms with Gasteiger partial charge in [-0.3, -0.25) is 53.6 Å². The summed E-state index contributed by atoms with van der Waals surface area (Å²) in [5.41, 5.74) is 2.03. The van der Waals surface area contributed by atoms with Gasteiger partial charge in [-0.15, -0.1) is 0 Å². The van der Waals surface area contributed by atoms with Gasteiger partial charge in [-0.1, -0.05) is 30.3 Å². The molecule has 46 heavy (non-hydrogen) atoms. The van der Waals surface area contributed by atoms with Crippen LogP contribution < -0.4 is 10.6 Å². The predicted octanol–water partition coefficient (Wildman–Crippen LogP) is 1.00. The first-order valence-corrected chi connectivity index (χ1v) is 15.1. The number of carbonyl (C=O) groups is 7. The molecule has 1 aliphatic carbocycles. The molecule has 2 fully saturated rings. The van der Waals surface area contributed by atoms with E-state index in [1.54, 1.807) is 36.4 Å². The maximum absolute atomic E-state index is 13.1. The molecular formula is C33H29N5O8. The number of furan rings is 1. The first-order chi connectivity index (χ1) is 22.2. The zero-order chi connectivity index (χ0) is 32.1. The molecule has 0 bridgehead atoms. The highest BCUT2D eigenvalue weighted by Gasteiger charge is 2.44. The minimum Gasteiger partial charge on any atom is -0.447 e. The molecule has 1 atom stereocenters. The van der Waals surface area contributed by atoms with Crippen molar-refractivity contribution in [2.45, 2.75) is 25.4 Å². The molecule has 0 spiro atoms. The Morgan fingerprint density at radius 1 is 0.804 bits per heavy atom. The fourth-order valence-electron chi connectivity index (χ4n) is 6.45. The molecule has 2 N–H and O–H groups in total. The van der Waals surface area contributed by atoms with Crippen molar-refractivity contribution in [1.29, 1.82) is 0 Å². The van der Waals surface area contributed by atoms with Crippen LogP contribution in [-0.2, 0) is 16.1 Å². The van der Waals surface area contributed by atoms with Crippen LogP contribution in [-0.4, -0.2) is 101 Å². The number of amides is 5. The van der Waals surface area contributed by atoms with Gasteiger partial charge in [0, 0.05) is 69.4 Å². The summed E-state index contributed by atoms with van der Waals surface area (Å²) < 4.78 is 5.53. The first kappa shape index (κ1) is 29.4. The van der Waals surface area contributed by atoms with Gasteiger partial charge >= 0.3 is 0 Å². The van der Waals surface area contributed by atoms with E-state index in [1.807, 2.05) is 6.07 Å². The minimum atomic E-state index is -0.998. The monoisotopic (exact) mass is 623 g/mol. The highest BCUT2D eigenvalue weighted by Crippen LogP contribution is 2.30. The summed E-state index contributed by atoms with van der Waals surface area (Å²) in [4.78, 5) is 93.7. The van der Waals surface area contributed by atoms with Gasteiger partial charge in [0.05, 0.1) is 16.7 Å². The van der Waals surface area contributed by atoms with Crippen molar-refractivity contribution in [3.63, 3.8) is 0 Å². The van der Waals surface area contributed by atoms with Crippen LogP contribution >= 0.6 is 0 Å². The van der Waals surface area contributed by atoms with Gasteiger partial charge in [0.2, 0.25) is 17.6 Å². The molecule has 1 unspecified atom stereocenters. The third kappa shape index (κ3) is 5.12. The van der Waals surface area contributed by atoms with Crippen LogP contribution in [0.3, 0.4) is 0 Å². The Morgan fingerprint density at radius 2 is 1.50 bits per heavy atom. The molecule has 13 heteroatoms. The summed E-state index contributed by atoms with van der Waals surface area (Å²) in [6.07, 6.45) is 0.179. The molecule has 1 aromatic heterocycles. The fraction of sp³-hybridized carbons (Fsp3) is 0.303. The van der Waals surface area contributed by atoms with Crippen molar-refractivity contribution in [3.8, 4) is 0 Å². The number of fused-ring (bicyclic) bond motifs is 3. The number of nitrogens with zero attached hydrogens (tertiary/aromatic N) is 3. The number of imide groups is 2. The Kier molecular flexibility index (Phi) is 7.41. The van der Waals surface area contributed by atoms with E-state index in [9.17, 15) is 33.6 Å². The molecule has 5 amide bonds. The van der Waals surface area contributed by atoms with Crippen molar-refractivity contribution >= 4 is 41.1 Å². The van der Waals surface area contributed by atoms with Gasteiger partial charge in [0.15, 0.2) is 17.3 Å². The maximum Gasteiger partial charge on any atom is 0.287 e. The Hall–Kier alpha value is -5.27. The number of benzene rings is 2. The smallest absolute Gasteiger partial charge is 0.287 e. The van der Waals surface area contributed by atoms with Gasteiger partial charge in [0.1, 0.15) is 6.04 Å². The van der Waals surface area contributed by atoms with Crippen LogP contribution in [0.2, 0.25) is 0 Å². The molecular weight excluding hydrogens is 594 g/mol. The topological polar surface area (TPSA) is 166 Å². The number of nitrogens with one attached hydrogen (secondary N) is 2. The molecule has 2 saturated heterocycles. The van der Waals surface area contributed by atoms with E-state index in [1.165, 1.54) is 6.07 Å². The van der Waals surface area contributed by atoms with E-state index in [0.717, 1.165) is 36.6 Å². The largest absolute Gasteiger partial charge is 0.447 e. The van der Waals surface area contributed by atoms with Crippen LogP contribution in [0.15, 0.2) is 52.9 Å². The molecule has 4 heterocycles. The first-order valence-electron chi connectivity index (χ1n) is 15.1. The molecule has 13 nitrogen and oxygen atoms in total. The molecule has 234 valence electrons. The molecule has 3 aromatic rings. The van der Waals surface area contributed by atoms with Crippen molar-refractivity contribution in [2.75, 3.05) is 39.3 Å². The highest BCUT2D eigenvalue weighted by atomic mass is 16.4. The number of piperidine rings is 1. The fourth-order valence-corrected chi connectivity index (χ4v) is 6.45. The normalized spacial score (nSPS) is 20.0. The van der Waals surface area contributed by atoms with Crippen molar-refractivity contribution in [2.24, 2.45) is 0 Å². The third-order valence-electron chi connectivity index (χ3n) is 8.91. The Labute approximate surface area is 262 Å². The van der Waals surface area contributed by atoms with Crippen molar-refractivity contribution in [3.05, 3.63) is 93.4 Å². The summed E-state index contributed by atoms with van der Waals surface area (Å²) in [6, 6.07) is 12.0. The summed E-state index contributed by atoms with van der Waals surface area (Å²) >= 11 is 0. The second-order valence-electron chi connectivity index (χ2n) is 11.8. The van der Waals surface area contributed by atoms with Crippen molar-refractivity contribution < 1.29 is 38.0 Å². The van der Waals surface area contributed by atoms with Crippen LogP contribution in [0.1, 0.15) is 81.7 Å². The Morgan fingerprint density at radius 3 is 2.24 bits per heavy atom. The number of hydrogen-bond acceptors (Lipinski definition) is 10. The lowest BCUT2D eigenvalue weighted by Gasteiger charge is -2.34. The van der Waals surface area contributed by atoms with Gasteiger partial charge in [0.25, 0.3) is 17.7 Å². The molecule has 4 aliphatic rings.